The van der Waals surface area contributed by atoms with Crippen LogP contribution in [0.15, 0.2) is 77.4 Å². The van der Waals surface area contributed by atoms with Crippen molar-refractivity contribution >= 4 is 11.6 Å². The van der Waals surface area contributed by atoms with Crippen molar-refractivity contribution in [3.8, 4) is 0 Å². The average Bonchev–Trinajstić information content (AvgIpc) is 3.09. The lowest BCUT2D eigenvalue weighted by Crippen LogP contribution is -1.92. The molecule has 0 amide bonds. The van der Waals surface area contributed by atoms with E-state index in [0.717, 1.165) is 19.3 Å². The van der Waals surface area contributed by atoms with E-state index in [9.17, 15) is 9.59 Å². The average molecular weight is 294 g/mol. The molecular formula is C19H18O3. The van der Waals surface area contributed by atoms with Gasteiger partial charge in [0.15, 0.2) is 11.5 Å². The zero-order valence-corrected chi connectivity index (χ0v) is 12.3. The maximum absolute atomic E-state index is 11.8. The van der Waals surface area contributed by atoms with Crippen LogP contribution < -0.4 is 0 Å². The fourth-order valence-corrected chi connectivity index (χ4v) is 1.93. The van der Waals surface area contributed by atoms with E-state index in [1.807, 2.05) is 30.4 Å². The number of hydrogen-bond donors (Lipinski definition) is 0. The van der Waals surface area contributed by atoms with Crippen LogP contribution in [0.2, 0.25) is 0 Å². The van der Waals surface area contributed by atoms with Gasteiger partial charge >= 0.3 is 0 Å². The van der Waals surface area contributed by atoms with E-state index in [4.69, 9.17) is 4.42 Å². The Hall–Kier alpha value is -2.68. The molecule has 3 nitrogen and oxygen atoms in total. The number of carbonyl (C=O) groups is 2. The lowest BCUT2D eigenvalue weighted by atomic mass is 10.1. The number of carbonyl (C=O) groups excluding carboxylic acids is 2. The molecule has 0 aliphatic carbocycles. The normalized spacial score (nSPS) is 11.3. The van der Waals surface area contributed by atoms with Gasteiger partial charge in [0.25, 0.3) is 0 Å². The highest BCUT2D eigenvalue weighted by Gasteiger charge is 2.02. The van der Waals surface area contributed by atoms with Crippen LogP contribution in [-0.2, 0) is 0 Å². The first-order valence-corrected chi connectivity index (χ1v) is 7.27. The third-order valence-corrected chi connectivity index (χ3v) is 3.10. The SMILES string of the molecule is O=C(/C=C/CCC/C=C/C(=O)c1ccco1)c1ccccc1. The van der Waals surface area contributed by atoms with Gasteiger partial charge in [0.2, 0.25) is 5.78 Å². The summed E-state index contributed by atoms with van der Waals surface area (Å²) in [6, 6.07) is 12.5. The van der Waals surface area contributed by atoms with Gasteiger partial charge in [0, 0.05) is 5.56 Å². The molecule has 112 valence electrons. The first-order chi connectivity index (χ1) is 10.8. The summed E-state index contributed by atoms with van der Waals surface area (Å²) in [4.78, 5) is 23.4. The van der Waals surface area contributed by atoms with Gasteiger partial charge in [-0.15, -0.1) is 0 Å². The van der Waals surface area contributed by atoms with E-state index in [0.29, 0.717) is 11.3 Å². The quantitative estimate of drug-likeness (QED) is 0.405. The van der Waals surface area contributed by atoms with Gasteiger partial charge in [-0.1, -0.05) is 42.5 Å². The maximum Gasteiger partial charge on any atom is 0.220 e. The van der Waals surface area contributed by atoms with Crippen molar-refractivity contribution in [3.05, 3.63) is 84.4 Å². The van der Waals surface area contributed by atoms with Gasteiger partial charge < -0.3 is 4.42 Å². The summed E-state index contributed by atoms with van der Waals surface area (Å²) in [5, 5.41) is 0. The molecule has 1 aromatic carbocycles. The largest absolute Gasteiger partial charge is 0.461 e. The zero-order valence-electron chi connectivity index (χ0n) is 12.3. The number of hydrogen-bond acceptors (Lipinski definition) is 3. The van der Waals surface area contributed by atoms with Crippen molar-refractivity contribution in [2.24, 2.45) is 0 Å². The summed E-state index contributed by atoms with van der Waals surface area (Å²) in [6.45, 7) is 0. The summed E-state index contributed by atoms with van der Waals surface area (Å²) in [5.41, 5.74) is 0.697. The fraction of sp³-hybridized carbons (Fsp3) is 0.158. The molecule has 1 aromatic heterocycles. The summed E-state index contributed by atoms with van der Waals surface area (Å²) >= 11 is 0. The summed E-state index contributed by atoms with van der Waals surface area (Å²) in [5.74, 6) is 0.244. The summed E-state index contributed by atoms with van der Waals surface area (Å²) in [6.07, 6.45) is 10.8. The molecule has 0 N–H and O–H groups in total. The lowest BCUT2D eigenvalue weighted by Gasteiger charge is -1.94. The molecule has 22 heavy (non-hydrogen) atoms. The van der Waals surface area contributed by atoms with E-state index < -0.39 is 0 Å². The minimum absolute atomic E-state index is 0.0177. The smallest absolute Gasteiger partial charge is 0.220 e. The summed E-state index contributed by atoms with van der Waals surface area (Å²) in [7, 11) is 0. The second kappa shape index (κ2) is 8.57. The minimum atomic E-state index is -0.125. The van der Waals surface area contributed by atoms with Crippen molar-refractivity contribution in [3.63, 3.8) is 0 Å². The van der Waals surface area contributed by atoms with Gasteiger partial charge in [-0.2, -0.15) is 0 Å². The van der Waals surface area contributed by atoms with Crippen LogP contribution in [0.3, 0.4) is 0 Å². The topological polar surface area (TPSA) is 47.3 Å². The number of allylic oxidation sites excluding steroid dienone is 4. The third kappa shape index (κ3) is 5.02. The first kappa shape index (κ1) is 15.7. The van der Waals surface area contributed by atoms with Gasteiger partial charge in [0.05, 0.1) is 6.26 Å². The van der Waals surface area contributed by atoms with Crippen LogP contribution in [0.1, 0.15) is 40.2 Å². The number of furan rings is 1. The van der Waals surface area contributed by atoms with Crippen LogP contribution in [0.5, 0.6) is 0 Å². The molecule has 0 aliphatic rings. The highest BCUT2D eigenvalue weighted by molar-refractivity contribution is 6.04. The van der Waals surface area contributed by atoms with Crippen LogP contribution >= 0.6 is 0 Å². The molecule has 2 aromatic rings. The minimum Gasteiger partial charge on any atom is -0.461 e. The van der Waals surface area contributed by atoms with Crippen LogP contribution in [-0.4, -0.2) is 11.6 Å². The molecule has 0 radical (unpaired) electrons. The molecule has 0 atom stereocenters. The Labute approximate surface area is 130 Å². The molecule has 0 spiro atoms. The molecule has 2 rings (SSSR count). The van der Waals surface area contributed by atoms with E-state index in [1.54, 1.807) is 30.3 Å². The predicted octanol–water partition coefficient (Wildman–Crippen LogP) is 4.63. The third-order valence-electron chi connectivity index (χ3n) is 3.10. The molecule has 0 bridgehead atoms. The predicted molar refractivity (Wildman–Crippen MR) is 85.9 cm³/mol. The molecule has 3 heteroatoms. The second-order valence-electron chi connectivity index (χ2n) is 4.81. The highest BCUT2D eigenvalue weighted by Crippen LogP contribution is 2.05. The molecule has 0 unspecified atom stereocenters. The van der Waals surface area contributed by atoms with Crippen molar-refractivity contribution < 1.29 is 14.0 Å². The molecule has 1 heterocycles. The van der Waals surface area contributed by atoms with Crippen LogP contribution in [0.4, 0.5) is 0 Å². The molecule has 0 fully saturated rings. The van der Waals surface area contributed by atoms with Crippen molar-refractivity contribution in [1.82, 2.24) is 0 Å². The van der Waals surface area contributed by atoms with Gasteiger partial charge in [-0.25, -0.2) is 0 Å². The highest BCUT2D eigenvalue weighted by atomic mass is 16.3. The number of rotatable bonds is 8. The van der Waals surface area contributed by atoms with Crippen molar-refractivity contribution in [2.75, 3.05) is 0 Å². The number of benzene rings is 1. The van der Waals surface area contributed by atoms with E-state index in [1.165, 1.54) is 12.3 Å². The van der Waals surface area contributed by atoms with Crippen LogP contribution in [0, 0.1) is 0 Å². The molecule has 0 saturated heterocycles. The van der Waals surface area contributed by atoms with Crippen molar-refractivity contribution in [1.29, 1.82) is 0 Å². The Kier molecular flexibility index (Phi) is 6.12. The maximum atomic E-state index is 11.8. The van der Waals surface area contributed by atoms with Gasteiger partial charge in [0.1, 0.15) is 0 Å². The van der Waals surface area contributed by atoms with Crippen LogP contribution in [0.25, 0.3) is 0 Å². The summed E-state index contributed by atoms with van der Waals surface area (Å²) < 4.78 is 5.01. The Morgan fingerprint density at radius 3 is 2.18 bits per heavy atom. The monoisotopic (exact) mass is 294 g/mol. The van der Waals surface area contributed by atoms with E-state index in [-0.39, 0.29) is 11.6 Å². The van der Waals surface area contributed by atoms with E-state index in [2.05, 4.69) is 0 Å². The number of unbranched alkanes of at least 4 members (excludes halogenated alkanes) is 2. The number of ketones is 2. The fourth-order valence-electron chi connectivity index (χ4n) is 1.93. The Balaban J connectivity index is 1.66. The molecule has 0 aliphatic heterocycles. The Bertz CT molecular complexity index is 649. The Morgan fingerprint density at radius 1 is 0.864 bits per heavy atom. The Morgan fingerprint density at radius 2 is 1.55 bits per heavy atom. The standard InChI is InChI=1S/C19H18O3/c20-17(16-10-5-4-6-11-16)12-7-2-1-3-8-13-18(21)19-14-9-15-22-19/h4-15H,1-3H2/b12-7+,13-8+. The first-order valence-electron chi connectivity index (χ1n) is 7.27. The lowest BCUT2D eigenvalue weighted by molar-refractivity contribution is 0.101. The molecular weight excluding hydrogens is 276 g/mol. The van der Waals surface area contributed by atoms with E-state index >= 15 is 0 Å². The van der Waals surface area contributed by atoms with Gasteiger partial charge in [-0.3, -0.25) is 9.59 Å². The zero-order chi connectivity index (χ0) is 15.6. The van der Waals surface area contributed by atoms with Gasteiger partial charge in [-0.05, 0) is 43.5 Å². The molecule has 0 saturated carbocycles. The van der Waals surface area contributed by atoms with Crippen molar-refractivity contribution in [2.45, 2.75) is 19.3 Å². The second-order valence-corrected chi connectivity index (χ2v) is 4.81.